The van der Waals surface area contributed by atoms with Crippen LogP contribution < -0.4 is 0 Å². The van der Waals surface area contributed by atoms with Gasteiger partial charge in [0.2, 0.25) is 0 Å². The third-order valence-electron chi connectivity index (χ3n) is 0.333. The van der Waals surface area contributed by atoms with Gasteiger partial charge in [0.1, 0.15) is 15.7 Å². The summed E-state index contributed by atoms with van der Waals surface area (Å²) >= 11 is 0. The molecule has 0 aromatic carbocycles. The Labute approximate surface area is 40.8 Å². The maximum absolute atomic E-state index is 4.93. The fourth-order valence-electron chi connectivity index (χ4n) is 0.128. The lowest BCUT2D eigenvalue weighted by atomic mass is 10.1. The Kier molecular flexibility index (Phi) is 4.31. The van der Waals surface area contributed by atoms with Gasteiger partial charge in [-0.15, -0.1) is 12.0 Å². The molecule has 0 saturated carbocycles. The highest BCUT2D eigenvalue weighted by atomic mass is 13.5. The molecule has 0 N–H and O–H groups in total. The van der Waals surface area contributed by atoms with Crippen LogP contribution in [0.3, 0.4) is 0 Å². The Morgan fingerprint density at radius 2 is 1.17 bits per heavy atom. The van der Waals surface area contributed by atoms with E-state index in [1.54, 1.807) is 12.2 Å². The van der Waals surface area contributed by atoms with Crippen LogP contribution in [0.1, 0.15) is 0 Å². The van der Waals surface area contributed by atoms with E-state index in [1.165, 1.54) is 12.0 Å². The summed E-state index contributed by atoms with van der Waals surface area (Å²) in [5.41, 5.74) is 0. The van der Waals surface area contributed by atoms with E-state index in [0.29, 0.717) is 0 Å². The third kappa shape index (κ3) is 3.61. The summed E-state index contributed by atoms with van der Waals surface area (Å²) in [6.45, 7) is 0. The van der Waals surface area contributed by atoms with Crippen molar-refractivity contribution in [2.24, 2.45) is 0 Å². The largest absolute Gasteiger partial charge is 0.132 e. The van der Waals surface area contributed by atoms with E-state index in [2.05, 4.69) is 0 Å². The second-order valence-corrected chi connectivity index (χ2v) is 0.770. The summed E-state index contributed by atoms with van der Waals surface area (Å²) < 4.78 is 0. The zero-order valence-electron chi connectivity index (χ0n) is 3.46. The van der Waals surface area contributed by atoms with E-state index >= 15 is 0 Å². The Morgan fingerprint density at radius 3 is 1.33 bits per heavy atom. The Morgan fingerprint density at radius 1 is 0.833 bits per heavy atom. The first-order chi connectivity index (χ1) is 2.91. The predicted molar refractivity (Wildman–Crippen MR) is 29.8 cm³/mol. The van der Waals surface area contributed by atoms with Crippen LogP contribution >= 0.6 is 0 Å². The maximum Gasteiger partial charge on any atom is 0.102 e. The molecule has 4 radical (unpaired) electrons. The molecule has 0 amide bonds. The molecule has 2 heteroatoms. The van der Waals surface area contributed by atoms with Crippen molar-refractivity contribution in [1.82, 2.24) is 0 Å². The van der Waals surface area contributed by atoms with Crippen molar-refractivity contribution in [3.05, 3.63) is 24.1 Å². The van der Waals surface area contributed by atoms with E-state index in [-0.39, 0.29) is 0 Å². The molecule has 6 heavy (non-hydrogen) atoms. The number of hydrogen-bond acceptors (Lipinski definition) is 0. The topological polar surface area (TPSA) is 0 Å². The predicted octanol–water partition coefficient (Wildman–Crippen LogP) is 0.351. The normalized spacial score (nSPS) is 11.3. The molecular weight excluding hydrogens is 69.7 g/mol. The molecule has 0 unspecified atom stereocenters. The molecule has 0 aromatic rings. The van der Waals surface area contributed by atoms with Gasteiger partial charge >= 0.3 is 0 Å². The number of rotatable bonds is 1. The van der Waals surface area contributed by atoms with Crippen molar-refractivity contribution in [2.45, 2.75) is 0 Å². The molecule has 0 aromatic heterocycles. The monoisotopic (exact) mass is 74.0 g/mol. The molecule has 0 heterocycles. The van der Waals surface area contributed by atoms with Crippen LogP contribution in [-0.4, -0.2) is 15.7 Å². The molecule has 0 rings (SSSR count). The van der Waals surface area contributed by atoms with E-state index < -0.39 is 0 Å². The van der Waals surface area contributed by atoms with E-state index in [1.807, 2.05) is 0 Å². The van der Waals surface area contributed by atoms with Gasteiger partial charge in [-0.05, 0) is 0 Å². The number of allylic oxidation sites excluding steroid dienone is 2. The van der Waals surface area contributed by atoms with Crippen LogP contribution in [0.15, 0.2) is 24.1 Å². The first-order valence-electron chi connectivity index (χ1n) is 1.67. The molecule has 0 nitrogen and oxygen atoms in total. The summed E-state index contributed by atoms with van der Waals surface area (Å²) in [6.07, 6.45) is 3.31. The lowest BCUT2D eigenvalue weighted by Crippen LogP contribution is -1.50. The molecule has 0 fully saturated rings. The molecular formula is C4H4B2. The lowest BCUT2D eigenvalue weighted by Gasteiger charge is -1.62. The molecule has 0 aliphatic carbocycles. The average Bonchev–Trinajstić information content (AvgIpc) is 1.61. The van der Waals surface area contributed by atoms with Gasteiger partial charge in [0.05, 0.1) is 0 Å². The second kappa shape index (κ2) is 4.61. The van der Waals surface area contributed by atoms with Crippen LogP contribution in [0.2, 0.25) is 0 Å². The standard InChI is InChI=1S/C4H4B2/c5-3-1-2-4-6/h1-4H/b3-1+,4-2+. The van der Waals surface area contributed by atoms with E-state index in [9.17, 15) is 0 Å². The highest BCUT2D eigenvalue weighted by Crippen LogP contribution is 1.65. The summed E-state index contributed by atoms with van der Waals surface area (Å²) in [4.78, 5) is 0. The summed E-state index contributed by atoms with van der Waals surface area (Å²) in [7, 11) is 9.85. The van der Waals surface area contributed by atoms with E-state index in [0.717, 1.165) is 0 Å². The van der Waals surface area contributed by atoms with Crippen LogP contribution in [0.5, 0.6) is 0 Å². The highest BCUT2D eigenvalue weighted by Gasteiger charge is 1.49. The minimum Gasteiger partial charge on any atom is -0.132 e. The van der Waals surface area contributed by atoms with E-state index in [4.69, 9.17) is 15.7 Å². The Bertz CT molecular complexity index is 53.9. The first kappa shape index (κ1) is 5.61. The Balaban J connectivity index is 3.07. The molecule has 0 atom stereocenters. The number of hydrogen-bond donors (Lipinski definition) is 0. The fourth-order valence-corrected chi connectivity index (χ4v) is 0.128. The van der Waals surface area contributed by atoms with Gasteiger partial charge in [0.25, 0.3) is 0 Å². The smallest absolute Gasteiger partial charge is 0.102 e. The van der Waals surface area contributed by atoms with Gasteiger partial charge in [-0.3, -0.25) is 0 Å². The third-order valence-corrected chi connectivity index (χ3v) is 0.333. The van der Waals surface area contributed by atoms with Crippen LogP contribution in [-0.2, 0) is 0 Å². The van der Waals surface area contributed by atoms with Crippen molar-refractivity contribution in [2.75, 3.05) is 0 Å². The van der Waals surface area contributed by atoms with Gasteiger partial charge in [-0.1, -0.05) is 12.2 Å². The van der Waals surface area contributed by atoms with Crippen molar-refractivity contribution in [1.29, 1.82) is 0 Å². The summed E-state index contributed by atoms with van der Waals surface area (Å²) in [5, 5.41) is 0. The minimum atomic E-state index is 1.42. The van der Waals surface area contributed by atoms with Crippen LogP contribution in [0.25, 0.3) is 0 Å². The van der Waals surface area contributed by atoms with Crippen molar-refractivity contribution < 1.29 is 0 Å². The van der Waals surface area contributed by atoms with Crippen molar-refractivity contribution in [3.63, 3.8) is 0 Å². The quantitative estimate of drug-likeness (QED) is 0.311. The minimum absolute atomic E-state index is 1.42. The zero-order chi connectivity index (χ0) is 4.83. The molecule has 0 aliphatic heterocycles. The average molecular weight is 73.7 g/mol. The molecule has 0 bridgehead atoms. The molecule has 0 saturated heterocycles. The second-order valence-electron chi connectivity index (χ2n) is 0.770. The summed E-state index contributed by atoms with van der Waals surface area (Å²) in [6, 6.07) is 0. The van der Waals surface area contributed by atoms with Gasteiger partial charge in [0, 0.05) is 0 Å². The zero-order valence-corrected chi connectivity index (χ0v) is 3.46. The van der Waals surface area contributed by atoms with Gasteiger partial charge in [-0.25, -0.2) is 0 Å². The van der Waals surface area contributed by atoms with Crippen molar-refractivity contribution >= 4 is 15.7 Å². The molecule has 0 aliphatic rings. The molecule has 26 valence electrons. The SMILES string of the molecule is [B]/C=C/C=C/[B]. The van der Waals surface area contributed by atoms with Gasteiger partial charge in [-0.2, -0.15) is 0 Å². The van der Waals surface area contributed by atoms with Crippen LogP contribution in [0, 0.1) is 0 Å². The lowest BCUT2D eigenvalue weighted by molar-refractivity contribution is 2.08. The molecule has 0 spiro atoms. The Hall–Kier alpha value is -0.390. The fraction of sp³-hybridized carbons (Fsp3) is 0. The van der Waals surface area contributed by atoms with Gasteiger partial charge < -0.3 is 0 Å². The summed E-state index contributed by atoms with van der Waals surface area (Å²) in [5.74, 6) is 2.84. The maximum atomic E-state index is 4.93. The van der Waals surface area contributed by atoms with Gasteiger partial charge in [0.15, 0.2) is 0 Å². The highest BCUT2D eigenvalue weighted by molar-refractivity contribution is 6.18. The van der Waals surface area contributed by atoms with Crippen LogP contribution in [0.4, 0.5) is 0 Å². The first-order valence-corrected chi connectivity index (χ1v) is 1.67. The van der Waals surface area contributed by atoms with Crippen molar-refractivity contribution in [3.8, 4) is 0 Å².